The van der Waals surface area contributed by atoms with E-state index in [9.17, 15) is 9.90 Å². The van der Waals surface area contributed by atoms with Gasteiger partial charge in [0.2, 0.25) is 0 Å². The third kappa shape index (κ3) is 3.68. The van der Waals surface area contributed by atoms with Gasteiger partial charge in [0.1, 0.15) is 6.10 Å². The molecule has 0 fully saturated rings. The van der Waals surface area contributed by atoms with Crippen molar-refractivity contribution in [2.75, 3.05) is 0 Å². The molecule has 0 aliphatic rings. The monoisotopic (exact) mass is 276 g/mol. The Labute approximate surface area is 124 Å². The summed E-state index contributed by atoms with van der Waals surface area (Å²) < 4.78 is 0. The average Bonchev–Trinajstić information content (AvgIpc) is 2.56. The fourth-order valence-corrected chi connectivity index (χ4v) is 2.00. The van der Waals surface area contributed by atoms with E-state index in [0.717, 1.165) is 5.56 Å². The zero-order chi connectivity index (χ0) is 15.1. The van der Waals surface area contributed by atoms with Crippen LogP contribution in [0.25, 0.3) is 5.57 Å². The number of aliphatic hydroxyl groups is 1. The molecule has 2 aromatic rings. The Morgan fingerprint density at radius 2 is 1.52 bits per heavy atom. The van der Waals surface area contributed by atoms with E-state index in [4.69, 9.17) is 0 Å². The molecule has 2 nitrogen and oxygen atoms in total. The van der Waals surface area contributed by atoms with Gasteiger partial charge in [-0.25, -0.2) is 0 Å². The third-order valence-corrected chi connectivity index (χ3v) is 3.08. The Morgan fingerprint density at radius 1 is 1.00 bits per heavy atom. The van der Waals surface area contributed by atoms with Gasteiger partial charge in [-0.05, 0) is 18.6 Å². The highest BCUT2D eigenvalue weighted by atomic mass is 16.3. The largest absolute Gasteiger partial charge is 0.380 e. The molecule has 0 heterocycles. The summed E-state index contributed by atoms with van der Waals surface area (Å²) in [5.74, 6) is 5.23. The van der Waals surface area contributed by atoms with Crippen LogP contribution >= 0.6 is 0 Å². The first-order valence-corrected chi connectivity index (χ1v) is 6.69. The summed E-state index contributed by atoms with van der Waals surface area (Å²) in [5.41, 5.74) is 1.78. The first-order valence-electron chi connectivity index (χ1n) is 6.69. The smallest absolute Gasteiger partial charge is 0.195 e. The van der Waals surface area contributed by atoms with Gasteiger partial charge in [0.25, 0.3) is 0 Å². The number of ketones is 1. The molecule has 2 rings (SSSR count). The van der Waals surface area contributed by atoms with E-state index >= 15 is 0 Å². The van der Waals surface area contributed by atoms with Crippen molar-refractivity contribution in [3.05, 3.63) is 77.9 Å². The number of rotatable bonds is 4. The van der Waals surface area contributed by atoms with Crippen LogP contribution in [-0.2, 0) is 0 Å². The number of benzene rings is 2. The molecule has 1 unspecified atom stereocenters. The fourth-order valence-electron chi connectivity index (χ4n) is 2.00. The second kappa shape index (κ2) is 7.23. The molecule has 2 heteroatoms. The highest BCUT2D eigenvalue weighted by Crippen LogP contribution is 2.21. The number of aliphatic hydroxyl groups excluding tert-OH is 1. The van der Waals surface area contributed by atoms with Gasteiger partial charge in [-0.3, -0.25) is 4.79 Å². The number of hydrogen-bond donors (Lipinski definition) is 1. The van der Waals surface area contributed by atoms with E-state index in [0.29, 0.717) is 11.1 Å². The zero-order valence-corrected chi connectivity index (χ0v) is 11.8. The van der Waals surface area contributed by atoms with E-state index in [1.807, 2.05) is 36.4 Å². The van der Waals surface area contributed by atoms with Crippen LogP contribution in [0.15, 0.2) is 66.7 Å². The number of carbonyl (C=O) groups excluding carboxylic acids is 1. The summed E-state index contributed by atoms with van der Waals surface area (Å²) in [6.45, 7) is 1.71. The lowest BCUT2D eigenvalue weighted by Crippen LogP contribution is -2.22. The first kappa shape index (κ1) is 14.8. The molecular weight excluding hydrogens is 260 g/mol. The highest BCUT2D eigenvalue weighted by molar-refractivity contribution is 6.06. The molecule has 21 heavy (non-hydrogen) atoms. The van der Waals surface area contributed by atoms with Crippen LogP contribution < -0.4 is 0 Å². The van der Waals surface area contributed by atoms with E-state index in [-0.39, 0.29) is 5.78 Å². The number of Topliss-reactive ketones (excluding diaryl/α,β-unsaturated/α-hetero) is 1. The predicted octanol–water partition coefficient (Wildman–Crippen LogP) is 3.34. The number of carbonyl (C=O) groups is 1. The van der Waals surface area contributed by atoms with Gasteiger partial charge < -0.3 is 5.11 Å². The standard InChI is InChI=1S/C19H16O2/c1-2-3-14-17(15-10-6-4-7-11-15)19(21)18(20)16-12-8-5-9-13-16/h4-14,19,21H,1H3/b17-14+. The lowest BCUT2D eigenvalue weighted by atomic mass is 9.94. The summed E-state index contributed by atoms with van der Waals surface area (Å²) in [4.78, 5) is 12.4. The van der Waals surface area contributed by atoms with Crippen molar-refractivity contribution in [3.8, 4) is 11.8 Å². The molecule has 104 valence electrons. The Balaban J connectivity index is 2.37. The maximum absolute atomic E-state index is 12.4. The van der Waals surface area contributed by atoms with Crippen LogP contribution in [0.1, 0.15) is 22.8 Å². The second-order valence-corrected chi connectivity index (χ2v) is 4.49. The minimum absolute atomic E-state index is 0.330. The summed E-state index contributed by atoms with van der Waals surface area (Å²) in [6.07, 6.45) is 0.372. The van der Waals surface area contributed by atoms with Crippen molar-refractivity contribution >= 4 is 11.4 Å². The van der Waals surface area contributed by atoms with Gasteiger partial charge in [0.15, 0.2) is 5.78 Å². The topological polar surface area (TPSA) is 37.3 Å². The van der Waals surface area contributed by atoms with Crippen LogP contribution in [0.4, 0.5) is 0 Å². The van der Waals surface area contributed by atoms with E-state index in [1.54, 1.807) is 37.3 Å². The van der Waals surface area contributed by atoms with Gasteiger partial charge in [0, 0.05) is 11.1 Å². The summed E-state index contributed by atoms with van der Waals surface area (Å²) >= 11 is 0. The van der Waals surface area contributed by atoms with Crippen molar-refractivity contribution in [2.45, 2.75) is 13.0 Å². The van der Waals surface area contributed by atoms with Crippen LogP contribution in [-0.4, -0.2) is 17.0 Å². The fraction of sp³-hybridized carbons (Fsp3) is 0.105. The molecule has 0 aromatic heterocycles. The van der Waals surface area contributed by atoms with Gasteiger partial charge in [-0.15, -0.1) is 5.92 Å². The minimum atomic E-state index is -1.23. The molecule has 0 saturated carbocycles. The van der Waals surface area contributed by atoms with Gasteiger partial charge in [0.05, 0.1) is 0 Å². The maximum atomic E-state index is 12.4. The molecule has 0 aliphatic carbocycles. The lowest BCUT2D eigenvalue weighted by molar-refractivity contribution is 0.0833. The SMILES string of the molecule is CC#C/C=C(\c1ccccc1)C(O)C(=O)c1ccccc1. The molecule has 1 N–H and O–H groups in total. The van der Waals surface area contributed by atoms with Gasteiger partial charge >= 0.3 is 0 Å². The van der Waals surface area contributed by atoms with Crippen molar-refractivity contribution in [3.63, 3.8) is 0 Å². The zero-order valence-electron chi connectivity index (χ0n) is 11.8. The molecular formula is C19H16O2. The van der Waals surface area contributed by atoms with E-state index in [1.165, 1.54) is 0 Å². The first-order chi connectivity index (χ1) is 10.2. The second-order valence-electron chi connectivity index (χ2n) is 4.49. The van der Waals surface area contributed by atoms with Crippen molar-refractivity contribution in [1.82, 2.24) is 0 Å². The van der Waals surface area contributed by atoms with Gasteiger partial charge in [-0.1, -0.05) is 66.6 Å². The summed E-state index contributed by atoms with van der Waals surface area (Å²) in [7, 11) is 0. The Morgan fingerprint density at radius 3 is 2.05 bits per heavy atom. The Hall–Kier alpha value is -2.63. The van der Waals surface area contributed by atoms with Crippen LogP contribution in [0.3, 0.4) is 0 Å². The van der Waals surface area contributed by atoms with Crippen LogP contribution in [0.2, 0.25) is 0 Å². The highest BCUT2D eigenvalue weighted by Gasteiger charge is 2.22. The molecule has 0 amide bonds. The molecule has 0 aliphatic heterocycles. The Bertz CT molecular complexity index is 689. The van der Waals surface area contributed by atoms with Crippen molar-refractivity contribution in [2.24, 2.45) is 0 Å². The normalized spacial score (nSPS) is 12.2. The Kier molecular flexibility index (Phi) is 5.09. The lowest BCUT2D eigenvalue weighted by Gasteiger charge is -2.14. The summed E-state index contributed by atoms with van der Waals surface area (Å²) in [6, 6.07) is 18.1. The average molecular weight is 276 g/mol. The number of hydrogen-bond acceptors (Lipinski definition) is 2. The van der Waals surface area contributed by atoms with Gasteiger partial charge in [-0.2, -0.15) is 0 Å². The molecule has 2 aromatic carbocycles. The van der Waals surface area contributed by atoms with E-state index in [2.05, 4.69) is 11.8 Å². The van der Waals surface area contributed by atoms with Crippen molar-refractivity contribution in [1.29, 1.82) is 0 Å². The maximum Gasteiger partial charge on any atom is 0.195 e. The number of allylic oxidation sites excluding steroid dienone is 1. The molecule has 1 atom stereocenters. The molecule has 0 bridgehead atoms. The van der Waals surface area contributed by atoms with E-state index < -0.39 is 6.10 Å². The predicted molar refractivity (Wildman–Crippen MR) is 84.6 cm³/mol. The molecule has 0 saturated heterocycles. The summed E-state index contributed by atoms with van der Waals surface area (Å²) in [5, 5.41) is 10.4. The third-order valence-electron chi connectivity index (χ3n) is 3.08. The van der Waals surface area contributed by atoms with Crippen LogP contribution in [0, 0.1) is 11.8 Å². The van der Waals surface area contributed by atoms with Crippen molar-refractivity contribution < 1.29 is 9.90 Å². The van der Waals surface area contributed by atoms with Crippen LogP contribution in [0.5, 0.6) is 0 Å². The minimum Gasteiger partial charge on any atom is -0.380 e. The molecule has 0 spiro atoms. The quantitative estimate of drug-likeness (QED) is 0.687. The molecule has 0 radical (unpaired) electrons.